The van der Waals surface area contributed by atoms with Crippen LogP contribution in [-0.4, -0.2) is 24.9 Å². The van der Waals surface area contributed by atoms with Gasteiger partial charge >= 0.3 is 0 Å². The number of hydrogen-bond acceptors (Lipinski definition) is 4. The molecular formula is C14H20O3S. The number of rotatable bonds is 3. The molecule has 1 fully saturated rings. The largest absolute Gasteiger partial charge is 0.396 e. The number of aliphatic hydroxyl groups is 1. The van der Waals surface area contributed by atoms with E-state index in [1.807, 2.05) is 11.3 Å². The Morgan fingerprint density at radius 2 is 2.22 bits per heavy atom. The molecule has 1 unspecified atom stereocenters. The van der Waals surface area contributed by atoms with Crippen molar-refractivity contribution in [1.82, 2.24) is 0 Å². The van der Waals surface area contributed by atoms with Gasteiger partial charge in [0.1, 0.15) is 0 Å². The monoisotopic (exact) mass is 268 g/mol. The number of ether oxygens (including phenoxy) is 2. The van der Waals surface area contributed by atoms with Crippen molar-refractivity contribution in [1.29, 1.82) is 0 Å². The van der Waals surface area contributed by atoms with E-state index in [1.165, 1.54) is 15.3 Å². The number of aryl methyl sites for hydroxylation is 1. The molecule has 18 heavy (non-hydrogen) atoms. The van der Waals surface area contributed by atoms with Gasteiger partial charge in [0.15, 0.2) is 5.79 Å². The van der Waals surface area contributed by atoms with Crippen molar-refractivity contribution in [3.05, 3.63) is 21.4 Å². The molecule has 1 N–H and O–H groups in total. The van der Waals surface area contributed by atoms with Gasteiger partial charge in [-0.2, -0.15) is 0 Å². The Labute approximate surface area is 112 Å². The third-order valence-corrected chi connectivity index (χ3v) is 5.01. The van der Waals surface area contributed by atoms with Crippen LogP contribution in [0.5, 0.6) is 0 Å². The summed E-state index contributed by atoms with van der Waals surface area (Å²) in [5.74, 6) is -0.114. The van der Waals surface area contributed by atoms with E-state index in [0.29, 0.717) is 19.1 Å². The van der Waals surface area contributed by atoms with Crippen molar-refractivity contribution in [3.63, 3.8) is 0 Å². The average Bonchev–Trinajstić information content (AvgIpc) is 2.97. The van der Waals surface area contributed by atoms with E-state index in [9.17, 15) is 0 Å². The van der Waals surface area contributed by atoms with Crippen LogP contribution < -0.4 is 0 Å². The third-order valence-electron chi connectivity index (χ3n) is 3.80. The second-order valence-electron chi connectivity index (χ2n) is 5.34. The summed E-state index contributed by atoms with van der Waals surface area (Å²) >= 11 is 1.87. The van der Waals surface area contributed by atoms with Gasteiger partial charge in [0.25, 0.3) is 0 Å². The maximum absolute atomic E-state index is 9.16. The van der Waals surface area contributed by atoms with Gasteiger partial charge < -0.3 is 14.6 Å². The normalized spacial score (nSPS) is 23.2. The van der Waals surface area contributed by atoms with E-state index in [2.05, 4.69) is 13.0 Å². The van der Waals surface area contributed by atoms with Gasteiger partial charge in [-0.15, -0.1) is 11.3 Å². The van der Waals surface area contributed by atoms with Crippen LogP contribution in [0.4, 0.5) is 0 Å². The Bertz CT molecular complexity index is 421. The number of fused-ring (bicyclic) bond motifs is 2. The minimum Gasteiger partial charge on any atom is -0.396 e. The SMILES string of the molecule is CC(CO)Cc1cc2c(s1)CCCC21OCCO1. The molecule has 0 amide bonds. The van der Waals surface area contributed by atoms with Gasteiger partial charge in [0.2, 0.25) is 0 Å². The lowest BCUT2D eigenvalue weighted by molar-refractivity contribution is -0.175. The van der Waals surface area contributed by atoms with Crippen LogP contribution in [0.15, 0.2) is 6.07 Å². The number of thiophene rings is 1. The van der Waals surface area contributed by atoms with Crippen molar-refractivity contribution in [3.8, 4) is 0 Å². The Hall–Kier alpha value is -0.420. The van der Waals surface area contributed by atoms with Crippen molar-refractivity contribution in [2.75, 3.05) is 19.8 Å². The molecule has 1 saturated heterocycles. The minimum absolute atomic E-state index is 0.251. The summed E-state index contributed by atoms with van der Waals surface area (Å²) in [6.45, 7) is 3.74. The lowest BCUT2D eigenvalue weighted by atomic mass is 9.92. The number of hydrogen-bond donors (Lipinski definition) is 1. The smallest absolute Gasteiger partial charge is 0.196 e. The zero-order chi connectivity index (χ0) is 12.6. The molecule has 100 valence electrons. The first-order valence-electron chi connectivity index (χ1n) is 6.74. The summed E-state index contributed by atoms with van der Waals surface area (Å²) in [7, 11) is 0. The highest BCUT2D eigenvalue weighted by Crippen LogP contribution is 2.45. The fraction of sp³-hybridized carbons (Fsp3) is 0.714. The molecule has 1 spiro atoms. The van der Waals surface area contributed by atoms with Crippen molar-refractivity contribution in [2.45, 2.75) is 38.4 Å². The Morgan fingerprint density at radius 3 is 2.94 bits per heavy atom. The number of aliphatic hydroxyl groups excluding tert-OH is 1. The summed E-state index contributed by atoms with van der Waals surface area (Å²) in [6.07, 6.45) is 4.21. The highest BCUT2D eigenvalue weighted by Gasteiger charge is 2.43. The highest BCUT2D eigenvalue weighted by atomic mass is 32.1. The van der Waals surface area contributed by atoms with Crippen LogP contribution in [-0.2, 0) is 28.1 Å². The average molecular weight is 268 g/mol. The molecule has 2 aliphatic rings. The minimum atomic E-state index is -0.440. The van der Waals surface area contributed by atoms with E-state index in [4.69, 9.17) is 14.6 Å². The Kier molecular flexibility index (Phi) is 3.45. The molecule has 0 aromatic carbocycles. The van der Waals surface area contributed by atoms with Crippen LogP contribution in [0.25, 0.3) is 0 Å². The Balaban J connectivity index is 1.88. The molecule has 1 atom stereocenters. The van der Waals surface area contributed by atoms with Gasteiger partial charge in [-0.05, 0) is 31.2 Å². The molecule has 1 aliphatic carbocycles. The summed E-state index contributed by atoms with van der Waals surface area (Å²) in [5.41, 5.74) is 1.26. The van der Waals surface area contributed by atoms with E-state index in [-0.39, 0.29) is 6.61 Å². The highest BCUT2D eigenvalue weighted by molar-refractivity contribution is 7.12. The van der Waals surface area contributed by atoms with Crippen LogP contribution in [0.1, 0.15) is 35.1 Å². The van der Waals surface area contributed by atoms with Crippen LogP contribution in [0, 0.1) is 5.92 Å². The molecule has 4 heteroatoms. The van der Waals surface area contributed by atoms with Gasteiger partial charge in [0.05, 0.1) is 13.2 Å². The lowest BCUT2D eigenvalue weighted by Crippen LogP contribution is -2.30. The zero-order valence-electron chi connectivity index (χ0n) is 10.8. The molecule has 1 aliphatic heterocycles. The predicted molar refractivity (Wildman–Crippen MR) is 70.8 cm³/mol. The van der Waals surface area contributed by atoms with Crippen LogP contribution in [0.3, 0.4) is 0 Å². The third kappa shape index (κ3) is 2.11. The quantitative estimate of drug-likeness (QED) is 0.915. The molecule has 0 bridgehead atoms. The summed E-state index contributed by atoms with van der Waals surface area (Å²) in [4.78, 5) is 2.77. The fourth-order valence-electron chi connectivity index (χ4n) is 2.87. The fourth-order valence-corrected chi connectivity index (χ4v) is 4.30. The molecule has 0 saturated carbocycles. The molecule has 2 heterocycles. The van der Waals surface area contributed by atoms with E-state index in [0.717, 1.165) is 25.7 Å². The van der Waals surface area contributed by atoms with Crippen molar-refractivity contribution in [2.24, 2.45) is 5.92 Å². The van der Waals surface area contributed by atoms with E-state index >= 15 is 0 Å². The van der Waals surface area contributed by atoms with E-state index < -0.39 is 5.79 Å². The van der Waals surface area contributed by atoms with Gasteiger partial charge in [-0.25, -0.2) is 0 Å². The van der Waals surface area contributed by atoms with Crippen LogP contribution in [0.2, 0.25) is 0 Å². The summed E-state index contributed by atoms with van der Waals surface area (Å²) < 4.78 is 11.8. The summed E-state index contributed by atoms with van der Waals surface area (Å²) in [5, 5.41) is 9.16. The maximum Gasteiger partial charge on any atom is 0.196 e. The Morgan fingerprint density at radius 1 is 1.44 bits per heavy atom. The van der Waals surface area contributed by atoms with Crippen LogP contribution >= 0.6 is 11.3 Å². The molecule has 3 nitrogen and oxygen atoms in total. The second-order valence-corrected chi connectivity index (χ2v) is 6.57. The second kappa shape index (κ2) is 4.93. The first-order chi connectivity index (χ1) is 8.73. The van der Waals surface area contributed by atoms with Gasteiger partial charge in [-0.1, -0.05) is 6.92 Å². The van der Waals surface area contributed by atoms with Gasteiger partial charge in [0, 0.05) is 28.3 Å². The van der Waals surface area contributed by atoms with Crippen molar-refractivity contribution < 1.29 is 14.6 Å². The topological polar surface area (TPSA) is 38.7 Å². The van der Waals surface area contributed by atoms with E-state index in [1.54, 1.807) is 0 Å². The first-order valence-corrected chi connectivity index (χ1v) is 7.56. The first kappa shape index (κ1) is 12.6. The molecule has 3 rings (SSSR count). The van der Waals surface area contributed by atoms with Crippen molar-refractivity contribution >= 4 is 11.3 Å². The zero-order valence-corrected chi connectivity index (χ0v) is 11.6. The lowest BCUT2D eigenvalue weighted by Gasteiger charge is -2.31. The standard InChI is InChI=1S/C14H20O3S/c1-10(9-15)7-11-8-12-13(18-11)3-2-4-14(12)16-5-6-17-14/h8,10,15H,2-7,9H2,1H3. The predicted octanol–water partition coefficient (Wildman–Crippen LogP) is 2.45. The molecular weight excluding hydrogens is 248 g/mol. The molecule has 1 aromatic heterocycles. The maximum atomic E-state index is 9.16. The summed E-state index contributed by atoms with van der Waals surface area (Å²) in [6, 6.07) is 2.25. The van der Waals surface area contributed by atoms with Gasteiger partial charge in [-0.3, -0.25) is 0 Å². The molecule has 1 aromatic rings. The molecule has 0 radical (unpaired) electrons.